The highest BCUT2D eigenvalue weighted by Gasteiger charge is 2.22. The van der Waals surface area contributed by atoms with E-state index in [-0.39, 0.29) is 12.1 Å². The number of ether oxygens (including phenoxy) is 2. The Kier molecular flexibility index (Phi) is 7.08. The number of carbonyl (C=O) groups excluding carboxylic acids is 1. The number of piperazine rings is 1. The van der Waals surface area contributed by atoms with Crippen LogP contribution in [0.4, 0.5) is 10.5 Å². The molecule has 1 fully saturated rings. The number of nitrogens with zero attached hydrogens (tertiary/aromatic N) is 3. The first-order valence-electron chi connectivity index (χ1n) is 9.69. The van der Waals surface area contributed by atoms with Gasteiger partial charge in [-0.2, -0.15) is 0 Å². The van der Waals surface area contributed by atoms with Crippen LogP contribution in [0.3, 0.4) is 0 Å². The fourth-order valence-corrected chi connectivity index (χ4v) is 2.98. The zero-order valence-corrected chi connectivity index (χ0v) is 16.5. The maximum absolute atomic E-state index is 12.6. The molecule has 0 atom stereocenters. The lowest BCUT2D eigenvalue weighted by Gasteiger charge is -2.34. The van der Waals surface area contributed by atoms with Crippen molar-refractivity contribution in [2.24, 2.45) is 0 Å². The van der Waals surface area contributed by atoms with Crippen molar-refractivity contribution in [2.75, 3.05) is 44.6 Å². The molecule has 2 amide bonds. The number of pyridine rings is 1. The lowest BCUT2D eigenvalue weighted by atomic mass is 10.3. The Morgan fingerprint density at radius 1 is 1.11 bits per heavy atom. The smallest absolute Gasteiger partial charge is 0.322 e. The topological polar surface area (TPSA) is 66.9 Å². The molecule has 1 aliphatic heterocycles. The summed E-state index contributed by atoms with van der Waals surface area (Å²) in [6, 6.07) is 13.3. The third-order valence-corrected chi connectivity index (χ3v) is 4.44. The highest BCUT2D eigenvalue weighted by atomic mass is 16.5. The molecule has 0 unspecified atom stereocenters. The average Bonchev–Trinajstić information content (AvgIpc) is 2.70. The molecular formula is C21H28N4O3. The SMILES string of the molecule is CC(C)Oc1ncccc1NC(=O)N1CCN(CCOc2ccccc2)CC1. The molecule has 0 bridgehead atoms. The third kappa shape index (κ3) is 5.85. The second-order valence-corrected chi connectivity index (χ2v) is 6.94. The Bertz CT molecular complexity index is 746. The first kappa shape index (κ1) is 19.9. The van der Waals surface area contributed by atoms with E-state index in [1.165, 1.54) is 0 Å². The van der Waals surface area contributed by atoms with Crippen LogP contribution in [0.15, 0.2) is 48.7 Å². The molecule has 1 aromatic carbocycles. The van der Waals surface area contributed by atoms with Crippen molar-refractivity contribution < 1.29 is 14.3 Å². The van der Waals surface area contributed by atoms with Crippen LogP contribution in [0.1, 0.15) is 13.8 Å². The number of hydrogen-bond donors (Lipinski definition) is 1. The zero-order valence-electron chi connectivity index (χ0n) is 16.5. The predicted molar refractivity (Wildman–Crippen MR) is 109 cm³/mol. The Hall–Kier alpha value is -2.80. The summed E-state index contributed by atoms with van der Waals surface area (Å²) in [5.41, 5.74) is 0.597. The molecule has 2 heterocycles. The predicted octanol–water partition coefficient (Wildman–Crippen LogP) is 3.10. The van der Waals surface area contributed by atoms with Crippen LogP contribution >= 0.6 is 0 Å². The molecule has 0 saturated carbocycles. The number of anilines is 1. The van der Waals surface area contributed by atoms with Crippen LogP contribution in [-0.2, 0) is 0 Å². The lowest BCUT2D eigenvalue weighted by Crippen LogP contribution is -2.50. The molecule has 7 heteroatoms. The number of benzene rings is 1. The first-order chi connectivity index (χ1) is 13.6. The van der Waals surface area contributed by atoms with Gasteiger partial charge in [0.15, 0.2) is 0 Å². The van der Waals surface area contributed by atoms with E-state index in [0.29, 0.717) is 31.3 Å². The van der Waals surface area contributed by atoms with Crippen LogP contribution in [0.25, 0.3) is 0 Å². The van der Waals surface area contributed by atoms with Crippen molar-refractivity contribution in [3.63, 3.8) is 0 Å². The first-order valence-corrected chi connectivity index (χ1v) is 9.69. The quantitative estimate of drug-likeness (QED) is 0.795. The van der Waals surface area contributed by atoms with Crippen LogP contribution in [0.5, 0.6) is 11.6 Å². The van der Waals surface area contributed by atoms with Gasteiger partial charge in [-0.3, -0.25) is 4.90 Å². The number of para-hydroxylation sites is 1. The second-order valence-electron chi connectivity index (χ2n) is 6.94. The molecule has 1 N–H and O–H groups in total. The number of aromatic nitrogens is 1. The number of carbonyl (C=O) groups is 1. The van der Waals surface area contributed by atoms with E-state index in [0.717, 1.165) is 25.4 Å². The maximum Gasteiger partial charge on any atom is 0.322 e. The van der Waals surface area contributed by atoms with Gasteiger partial charge in [0.25, 0.3) is 0 Å². The minimum atomic E-state index is -0.123. The summed E-state index contributed by atoms with van der Waals surface area (Å²) in [5, 5.41) is 2.92. The lowest BCUT2D eigenvalue weighted by molar-refractivity contribution is 0.132. The Balaban J connectivity index is 1.43. The molecule has 1 aliphatic rings. The molecule has 3 rings (SSSR count). The molecule has 2 aromatic rings. The van der Waals surface area contributed by atoms with E-state index in [4.69, 9.17) is 9.47 Å². The van der Waals surface area contributed by atoms with E-state index in [2.05, 4.69) is 15.2 Å². The zero-order chi connectivity index (χ0) is 19.8. The van der Waals surface area contributed by atoms with Gasteiger partial charge in [0, 0.05) is 38.9 Å². The monoisotopic (exact) mass is 384 g/mol. The Morgan fingerprint density at radius 2 is 1.86 bits per heavy atom. The van der Waals surface area contributed by atoms with Crippen molar-refractivity contribution in [1.82, 2.24) is 14.8 Å². The summed E-state index contributed by atoms with van der Waals surface area (Å²) in [6.45, 7) is 8.36. The molecule has 0 spiro atoms. The van der Waals surface area contributed by atoms with Gasteiger partial charge in [0.1, 0.15) is 18.0 Å². The summed E-state index contributed by atoms with van der Waals surface area (Å²) in [6.07, 6.45) is 1.65. The van der Waals surface area contributed by atoms with E-state index < -0.39 is 0 Å². The van der Waals surface area contributed by atoms with Gasteiger partial charge in [-0.15, -0.1) is 0 Å². The normalized spacial score (nSPS) is 14.8. The molecule has 1 saturated heterocycles. The Morgan fingerprint density at radius 3 is 2.57 bits per heavy atom. The van der Waals surface area contributed by atoms with Crippen molar-refractivity contribution in [2.45, 2.75) is 20.0 Å². The fraction of sp³-hybridized carbons (Fsp3) is 0.429. The maximum atomic E-state index is 12.6. The van der Waals surface area contributed by atoms with Gasteiger partial charge in [-0.05, 0) is 38.1 Å². The number of urea groups is 1. The van der Waals surface area contributed by atoms with Crippen molar-refractivity contribution in [3.8, 4) is 11.6 Å². The molecule has 28 heavy (non-hydrogen) atoms. The standard InChI is InChI=1S/C21H28N4O3/c1-17(2)28-20-19(9-6-10-22-20)23-21(26)25-13-11-24(12-14-25)15-16-27-18-7-4-3-5-8-18/h3-10,17H,11-16H2,1-2H3,(H,23,26). The fourth-order valence-electron chi connectivity index (χ4n) is 2.98. The third-order valence-electron chi connectivity index (χ3n) is 4.44. The number of rotatable bonds is 7. The van der Waals surface area contributed by atoms with Crippen molar-refractivity contribution >= 4 is 11.7 Å². The van der Waals surface area contributed by atoms with Gasteiger partial charge in [0.2, 0.25) is 5.88 Å². The molecule has 0 aliphatic carbocycles. The summed E-state index contributed by atoms with van der Waals surface area (Å²) >= 11 is 0. The second kappa shape index (κ2) is 9.94. The van der Waals surface area contributed by atoms with Crippen molar-refractivity contribution in [1.29, 1.82) is 0 Å². The molecular weight excluding hydrogens is 356 g/mol. The van der Waals surface area contributed by atoms with Crippen LogP contribution < -0.4 is 14.8 Å². The van der Waals surface area contributed by atoms with Crippen LogP contribution in [0, 0.1) is 0 Å². The summed E-state index contributed by atoms with van der Waals surface area (Å²) in [7, 11) is 0. The number of hydrogen-bond acceptors (Lipinski definition) is 5. The van der Waals surface area contributed by atoms with E-state index in [1.54, 1.807) is 18.3 Å². The van der Waals surface area contributed by atoms with E-state index in [1.807, 2.05) is 49.1 Å². The average molecular weight is 384 g/mol. The molecule has 7 nitrogen and oxygen atoms in total. The summed E-state index contributed by atoms with van der Waals surface area (Å²) < 4.78 is 11.4. The van der Waals surface area contributed by atoms with Gasteiger partial charge in [-0.1, -0.05) is 18.2 Å². The number of nitrogens with one attached hydrogen (secondary N) is 1. The minimum absolute atomic E-state index is 0.00722. The largest absolute Gasteiger partial charge is 0.492 e. The highest BCUT2D eigenvalue weighted by molar-refractivity contribution is 5.90. The molecule has 1 aromatic heterocycles. The molecule has 150 valence electrons. The van der Waals surface area contributed by atoms with Crippen LogP contribution in [0.2, 0.25) is 0 Å². The van der Waals surface area contributed by atoms with E-state index in [9.17, 15) is 4.79 Å². The number of amides is 2. The van der Waals surface area contributed by atoms with E-state index >= 15 is 0 Å². The summed E-state index contributed by atoms with van der Waals surface area (Å²) in [5.74, 6) is 1.33. The van der Waals surface area contributed by atoms with Gasteiger partial charge >= 0.3 is 6.03 Å². The van der Waals surface area contributed by atoms with Crippen LogP contribution in [-0.4, -0.2) is 66.2 Å². The van der Waals surface area contributed by atoms with Gasteiger partial charge in [0.05, 0.1) is 6.10 Å². The van der Waals surface area contributed by atoms with Gasteiger partial charge in [-0.25, -0.2) is 9.78 Å². The highest BCUT2D eigenvalue weighted by Crippen LogP contribution is 2.22. The Labute approximate surface area is 166 Å². The van der Waals surface area contributed by atoms with Crippen molar-refractivity contribution in [3.05, 3.63) is 48.7 Å². The minimum Gasteiger partial charge on any atom is -0.492 e. The van der Waals surface area contributed by atoms with Gasteiger partial charge < -0.3 is 19.7 Å². The summed E-state index contributed by atoms with van der Waals surface area (Å²) in [4.78, 5) is 20.9. The molecule has 0 radical (unpaired) electrons.